The van der Waals surface area contributed by atoms with Gasteiger partial charge in [-0.25, -0.2) is 9.18 Å². The number of amidine groups is 1. The minimum atomic E-state index is -0.716. The van der Waals surface area contributed by atoms with E-state index >= 15 is 0 Å². The zero-order valence-corrected chi connectivity index (χ0v) is 8.21. The van der Waals surface area contributed by atoms with Gasteiger partial charge in [-0.3, -0.25) is 10.7 Å². The molecule has 0 unspecified atom stereocenters. The molecule has 0 bridgehead atoms. The Morgan fingerprint density at radius 1 is 1.60 bits per heavy atom. The first-order chi connectivity index (χ1) is 7.13. The van der Waals surface area contributed by atoms with E-state index in [1.807, 2.05) is 0 Å². The number of halogens is 1. The summed E-state index contributed by atoms with van der Waals surface area (Å²) < 4.78 is 17.4. The lowest BCUT2D eigenvalue weighted by Gasteiger charge is -2.06. The standard InChI is InChI=1S/C10H11FN2O2/c1-2-15-10(14)13-9(12)7-4-3-5-8(11)6-7/h3-6H,2H2,1H3,(H2,12,13,14). The van der Waals surface area contributed by atoms with E-state index in [0.717, 1.165) is 6.07 Å². The smallest absolute Gasteiger partial charge is 0.412 e. The molecule has 80 valence electrons. The van der Waals surface area contributed by atoms with Crippen LogP contribution in [0.2, 0.25) is 0 Å². The Bertz CT molecular complexity index is 379. The molecule has 0 aliphatic rings. The number of hydrogen-bond acceptors (Lipinski definition) is 3. The minimum Gasteiger partial charge on any atom is -0.450 e. The van der Waals surface area contributed by atoms with Gasteiger partial charge < -0.3 is 4.74 Å². The number of hydrogen-bond donors (Lipinski definition) is 2. The molecule has 1 aromatic carbocycles. The second kappa shape index (κ2) is 5.09. The van der Waals surface area contributed by atoms with E-state index in [-0.39, 0.29) is 12.4 Å². The Labute approximate surface area is 86.6 Å². The molecule has 0 aliphatic heterocycles. The third-order valence-corrected chi connectivity index (χ3v) is 1.62. The summed E-state index contributed by atoms with van der Waals surface area (Å²) >= 11 is 0. The maximum atomic E-state index is 12.8. The number of amides is 1. The molecule has 1 aromatic rings. The van der Waals surface area contributed by atoms with Crippen molar-refractivity contribution in [3.05, 3.63) is 35.6 Å². The molecule has 5 heteroatoms. The van der Waals surface area contributed by atoms with Crippen LogP contribution in [0.25, 0.3) is 0 Å². The van der Waals surface area contributed by atoms with Gasteiger partial charge in [-0.2, -0.15) is 0 Å². The zero-order chi connectivity index (χ0) is 11.3. The van der Waals surface area contributed by atoms with E-state index in [0.29, 0.717) is 5.56 Å². The SMILES string of the molecule is CCOC(=O)NC(=N)c1cccc(F)c1. The van der Waals surface area contributed by atoms with Crippen LogP contribution in [0, 0.1) is 11.2 Å². The molecule has 15 heavy (non-hydrogen) atoms. The monoisotopic (exact) mass is 210 g/mol. The van der Waals surface area contributed by atoms with E-state index in [9.17, 15) is 9.18 Å². The molecule has 0 fully saturated rings. The summed E-state index contributed by atoms with van der Waals surface area (Å²) in [4.78, 5) is 10.9. The van der Waals surface area contributed by atoms with Crippen LogP contribution in [0.15, 0.2) is 24.3 Å². The predicted molar refractivity (Wildman–Crippen MR) is 53.4 cm³/mol. The molecule has 2 N–H and O–H groups in total. The highest BCUT2D eigenvalue weighted by molar-refractivity contribution is 6.04. The number of nitrogens with one attached hydrogen (secondary N) is 2. The van der Waals surface area contributed by atoms with Crippen molar-refractivity contribution < 1.29 is 13.9 Å². The molecule has 0 aliphatic carbocycles. The molecule has 4 nitrogen and oxygen atoms in total. The van der Waals surface area contributed by atoms with Gasteiger partial charge in [0.2, 0.25) is 0 Å². The van der Waals surface area contributed by atoms with Crippen molar-refractivity contribution in [3.8, 4) is 0 Å². The van der Waals surface area contributed by atoms with Gasteiger partial charge in [0, 0.05) is 5.56 Å². The Morgan fingerprint density at radius 2 is 2.33 bits per heavy atom. The fourth-order valence-corrected chi connectivity index (χ4v) is 0.985. The minimum absolute atomic E-state index is 0.187. The summed E-state index contributed by atoms with van der Waals surface area (Å²) in [7, 11) is 0. The van der Waals surface area contributed by atoms with E-state index in [1.54, 1.807) is 6.92 Å². The molecule has 0 heterocycles. The molecule has 1 amide bonds. The fourth-order valence-electron chi connectivity index (χ4n) is 0.985. The quantitative estimate of drug-likeness (QED) is 0.578. The van der Waals surface area contributed by atoms with Crippen molar-refractivity contribution in [1.82, 2.24) is 5.32 Å². The summed E-state index contributed by atoms with van der Waals surface area (Å²) in [6.07, 6.45) is -0.716. The van der Waals surface area contributed by atoms with Gasteiger partial charge in [-0.05, 0) is 19.1 Å². The first-order valence-corrected chi connectivity index (χ1v) is 4.41. The third kappa shape index (κ3) is 3.38. The average Bonchev–Trinajstić information content (AvgIpc) is 2.18. The topological polar surface area (TPSA) is 62.2 Å². The van der Waals surface area contributed by atoms with Crippen molar-refractivity contribution in [3.63, 3.8) is 0 Å². The van der Waals surface area contributed by atoms with Crippen LogP contribution in [0.3, 0.4) is 0 Å². The van der Waals surface area contributed by atoms with Gasteiger partial charge in [0.15, 0.2) is 0 Å². The van der Waals surface area contributed by atoms with Gasteiger partial charge in [-0.1, -0.05) is 12.1 Å². The Hall–Kier alpha value is -1.91. The van der Waals surface area contributed by atoms with Crippen molar-refractivity contribution in [1.29, 1.82) is 5.41 Å². The van der Waals surface area contributed by atoms with Crippen molar-refractivity contribution >= 4 is 11.9 Å². The lowest BCUT2D eigenvalue weighted by molar-refractivity contribution is 0.158. The summed E-state index contributed by atoms with van der Waals surface area (Å²) in [5.74, 6) is -0.643. The first-order valence-electron chi connectivity index (χ1n) is 4.41. The average molecular weight is 210 g/mol. The molecule has 1 rings (SSSR count). The largest absolute Gasteiger partial charge is 0.450 e. The van der Waals surface area contributed by atoms with Crippen LogP contribution in [-0.2, 0) is 4.74 Å². The van der Waals surface area contributed by atoms with Crippen molar-refractivity contribution in [2.45, 2.75) is 6.92 Å². The van der Waals surface area contributed by atoms with Crippen LogP contribution >= 0.6 is 0 Å². The number of alkyl carbamates (subject to hydrolysis) is 1. The van der Waals surface area contributed by atoms with Gasteiger partial charge in [0.05, 0.1) is 6.61 Å². The second-order valence-electron chi connectivity index (χ2n) is 2.73. The molecule has 0 saturated heterocycles. The summed E-state index contributed by atoms with van der Waals surface area (Å²) in [6.45, 7) is 1.88. The van der Waals surface area contributed by atoms with Crippen LogP contribution < -0.4 is 5.32 Å². The number of carbonyl (C=O) groups is 1. The van der Waals surface area contributed by atoms with Gasteiger partial charge in [0.1, 0.15) is 11.7 Å². The van der Waals surface area contributed by atoms with Crippen molar-refractivity contribution in [2.75, 3.05) is 6.61 Å². The molecular formula is C10H11FN2O2. The Balaban J connectivity index is 2.65. The third-order valence-electron chi connectivity index (χ3n) is 1.62. The summed E-state index contributed by atoms with van der Waals surface area (Å²) in [5, 5.41) is 9.64. The highest BCUT2D eigenvalue weighted by Gasteiger charge is 2.07. The Kier molecular flexibility index (Phi) is 3.79. The summed E-state index contributed by atoms with van der Waals surface area (Å²) in [5.41, 5.74) is 0.294. The molecule has 0 aromatic heterocycles. The Morgan fingerprint density at radius 3 is 2.93 bits per heavy atom. The molecular weight excluding hydrogens is 199 g/mol. The van der Waals surface area contributed by atoms with Crippen LogP contribution in [0.5, 0.6) is 0 Å². The van der Waals surface area contributed by atoms with E-state index in [4.69, 9.17) is 5.41 Å². The fraction of sp³-hybridized carbons (Fsp3) is 0.200. The van der Waals surface area contributed by atoms with Gasteiger partial charge >= 0.3 is 6.09 Å². The first kappa shape index (κ1) is 11.2. The maximum absolute atomic E-state index is 12.8. The van der Waals surface area contributed by atoms with Gasteiger partial charge in [-0.15, -0.1) is 0 Å². The summed E-state index contributed by atoms with van der Waals surface area (Å²) in [6, 6.07) is 5.42. The van der Waals surface area contributed by atoms with Gasteiger partial charge in [0.25, 0.3) is 0 Å². The number of benzene rings is 1. The lowest BCUT2D eigenvalue weighted by atomic mass is 10.2. The molecule has 0 radical (unpaired) electrons. The number of rotatable bonds is 2. The van der Waals surface area contributed by atoms with E-state index < -0.39 is 11.9 Å². The molecule has 0 atom stereocenters. The van der Waals surface area contributed by atoms with Crippen molar-refractivity contribution in [2.24, 2.45) is 0 Å². The van der Waals surface area contributed by atoms with Crippen LogP contribution in [0.4, 0.5) is 9.18 Å². The lowest BCUT2D eigenvalue weighted by Crippen LogP contribution is -2.31. The zero-order valence-electron chi connectivity index (χ0n) is 8.21. The molecule has 0 saturated carbocycles. The van der Waals surface area contributed by atoms with E-state index in [1.165, 1.54) is 18.2 Å². The second-order valence-corrected chi connectivity index (χ2v) is 2.73. The normalized spacial score (nSPS) is 9.47. The number of ether oxygens (including phenoxy) is 1. The van der Waals surface area contributed by atoms with Crippen LogP contribution in [0.1, 0.15) is 12.5 Å². The highest BCUT2D eigenvalue weighted by atomic mass is 19.1. The predicted octanol–water partition coefficient (Wildman–Crippen LogP) is 1.90. The maximum Gasteiger partial charge on any atom is 0.412 e. The number of carbonyl (C=O) groups excluding carboxylic acids is 1. The highest BCUT2D eigenvalue weighted by Crippen LogP contribution is 2.02. The molecule has 0 spiro atoms. The van der Waals surface area contributed by atoms with Crippen LogP contribution in [-0.4, -0.2) is 18.5 Å². The van der Waals surface area contributed by atoms with E-state index in [2.05, 4.69) is 10.1 Å².